The van der Waals surface area contributed by atoms with Crippen LogP contribution < -0.4 is 9.47 Å². The van der Waals surface area contributed by atoms with E-state index >= 15 is 0 Å². The molecule has 3 rings (SSSR count). The average Bonchev–Trinajstić information content (AvgIpc) is 2.94. The lowest BCUT2D eigenvalue weighted by molar-refractivity contribution is -0.143. The lowest BCUT2D eigenvalue weighted by Gasteiger charge is -2.26. The molecule has 1 unspecified atom stereocenters. The topological polar surface area (TPSA) is 55.8 Å². The molecule has 2 aromatic carbocycles. The third-order valence-corrected chi connectivity index (χ3v) is 4.12. The van der Waals surface area contributed by atoms with Crippen LogP contribution in [-0.4, -0.2) is 17.9 Å². The number of aliphatic carboxylic acids is 1. The van der Waals surface area contributed by atoms with Crippen LogP contribution in [0, 0.1) is 6.92 Å². The zero-order valence-electron chi connectivity index (χ0n) is 12.6. The summed E-state index contributed by atoms with van der Waals surface area (Å²) in [5, 5.41) is 9.79. The fraction of sp³-hybridized carbons (Fsp3) is 0.278. The summed E-state index contributed by atoms with van der Waals surface area (Å²) in [5.74, 6) is 0.411. The summed E-state index contributed by atoms with van der Waals surface area (Å²) < 4.78 is 10.7. The largest absolute Gasteiger partial charge is 0.481 e. The molecule has 1 N–H and O–H groups in total. The van der Waals surface area contributed by atoms with E-state index in [9.17, 15) is 9.90 Å². The second-order valence-electron chi connectivity index (χ2n) is 5.87. The standard InChI is InChI=1S/C18H18O4/c1-12-4-3-5-13(8-12)10-18(2,17(19)20)14-6-7-15-16(9-14)22-11-21-15/h3-9H,10-11H2,1-2H3,(H,19,20). The maximum absolute atomic E-state index is 11.9. The number of rotatable bonds is 4. The molecule has 1 heterocycles. The van der Waals surface area contributed by atoms with Gasteiger partial charge in [-0.2, -0.15) is 0 Å². The Kier molecular flexibility index (Phi) is 3.53. The highest BCUT2D eigenvalue weighted by molar-refractivity contribution is 5.81. The number of carbonyl (C=O) groups is 1. The zero-order chi connectivity index (χ0) is 15.7. The van der Waals surface area contributed by atoms with E-state index in [1.54, 1.807) is 25.1 Å². The molecule has 2 aromatic rings. The molecule has 4 nitrogen and oxygen atoms in total. The van der Waals surface area contributed by atoms with Gasteiger partial charge >= 0.3 is 5.97 Å². The van der Waals surface area contributed by atoms with Crippen molar-refractivity contribution in [2.24, 2.45) is 0 Å². The van der Waals surface area contributed by atoms with Gasteiger partial charge in [0, 0.05) is 0 Å². The van der Waals surface area contributed by atoms with Crippen molar-refractivity contribution in [3.63, 3.8) is 0 Å². The molecular formula is C18H18O4. The molecule has 0 radical (unpaired) electrons. The van der Waals surface area contributed by atoms with Crippen LogP contribution in [0.15, 0.2) is 42.5 Å². The van der Waals surface area contributed by atoms with E-state index < -0.39 is 11.4 Å². The molecule has 1 aliphatic rings. The first-order chi connectivity index (χ1) is 10.5. The molecule has 1 atom stereocenters. The van der Waals surface area contributed by atoms with Gasteiger partial charge in [-0.05, 0) is 43.5 Å². The van der Waals surface area contributed by atoms with Gasteiger partial charge in [-0.1, -0.05) is 35.9 Å². The first-order valence-electron chi connectivity index (χ1n) is 7.18. The minimum absolute atomic E-state index is 0.181. The second kappa shape index (κ2) is 5.37. The predicted octanol–water partition coefficient (Wildman–Crippen LogP) is 3.31. The van der Waals surface area contributed by atoms with E-state index in [1.807, 2.05) is 31.2 Å². The van der Waals surface area contributed by atoms with Crippen molar-refractivity contribution in [2.75, 3.05) is 6.79 Å². The van der Waals surface area contributed by atoms with Gasteiger partial charge in [0.15, 0.2) is 11.5 Å². The minimum Gasteiger partial charge on any atom is -0.481 e. The molecular weight excluding hydrogens is 280 g/mol. The fourth-order valence-corrected chi connectivity index (χ4v) is 2.77. The van der Waals surface area contributed by atoms with Crippen molar-refractivity contribution in [1.29, 1.82) is 0 Å². The quantitative estimate of drug-likeness (QED) is 0.941. The molecule has 0 amide bonds. The molecule has 0 saturated heterocycles. The number of benzene rings is 2. The third kappa shape index (κ3) is 2.52. The van der Waals surface area contributed by atoms with Gasteiger partial charge < -0.3 is 14.6 Å². The first kappa shape index (κ1) is 14.4. The molecule has 0 aliphatic carbocycles. The Hall–Kier alpha value is -2.49. The number of ether oxygens (including phenoxy) is 2. The zero-order valence-corrected chi connectivity index (χ0v) is 12.6. The smallest absolute Gasteiger partial charge is 0.314 e. The Morgan fingerprint density at radius 2 is 1.95 bits per heavy atom. The van der Waals surface area contributed by atoms with Crippen molar-refractivity contribution in [2.45, 2.75) is 25.7 Å². The summed E-state index contributed by atoms with van der Waals surface area (Å²) in [6.45, 7) is 3.93. The molecule has 0 aromatic heterocycles. The summed E-state index contributed by atoms with van der Waals surface area (Å²) in [4.78, 5) is 11.9. The molecule has 22 heavy (non-hydrogen) atoms. The molecule has 0 spiro atoms. The van der Waals surface area contributed by atoms with Crippen LogP contribution in [0.25, 0.3) is 0 Å². The van der Waals surface area contributed by atoms with E-state index in [4.69, 9.17) is 9.47 Å². The van der Waals surface area contributed by atoms with E-state index in [2.05, 4.69) is 0 Å². The summed E-state index contributed by atoms with van der Waals surface area (Å²) >= 11 is 0. The van der Waals surface area contributed by atoms with Gasteiger partial charge in [0.2, 0.25) is 6.79 Å². The van der Waals surface area contributed by atoms with Crippen molar-refractivity contribution >= 4 is 5.97 Å². The monoisotopic (exact) mass is 298 g/mol. The number of hydrogen-bond acceptors (Lipinski definition) is 3. The summed E-state index contributed by atoms with van der Waals surface area (Å²) in [5.41, 5.74) is 1.82. The first-order valence-corrected chi connectivity index (χ1v) is 7.18. The highest BCUT2D eigenvalue weighted by Gasteiger charge is 2.36. The van der Waals surface area contributed by atoms with Gasteiger partial charge in [0.25, 0.3) is 0 Å². The van der Waals surface area contributed by atoms with Crippen LogP contribution in [0.1, 0.15) is 23.6 Å². The molecule has 4 heteroatoms. The molecule has 0 bridgehead atoms. The number of aryl methyl sites for hydroxylation is 1. The molecule has 0 fully saturated rings. The van der Waals surface area contributed by atoms with Crippen molar-refractivity contribution in [1.82, 2.24) is 0 Å². The molecule has 0 saturated carbocycles. The lowest BCUT2D eigenvalue weighted by atomic mass is 9.77. The van der Waals surface area contributed by atoms with Crippen molar-refractivity contribution in [3.05, 3.63) is 59.2 Å². The minimum atomic E-state index is -1.02. The average molecular weight is 298 g/mol. The SMILES string of the molecule is Cc1cccc(CC(C)(C(=O)O)c2ccc3c(c2)OCO3)c1. The normalized spacial score (nSPS) is 15.4. The van der Waals surface area contributed by atoms with E-state index in [1.165, 1.54) is 0 Å². The highest BCUT2D eigenvalue weighted by Crippen LogP contribution is 2.38. The highest BCUT2D eigenvalue weighted by atomic mass is 16.7. The number of fused-ring (bicyclic) bond motifs is 1. The van der Waals surface area contributed by atoms with E-state index in [-0.39, 0.29) is 6.79 Å². The number of hydrogen-bond donors (Lipinski definition) is 1. The van der Waals surface area contributed by atoms with Crippen LogP contribution in [-0.2, 0) is 16.6 Å². The summed E-state index contributed by atoms with van der Waals surface area (Å²) in [6.07, 6.45) is 0.420. The van der Waals surface area contributed by atoms with E-state index in [0.29, 0.717) is 23.5 Å². The maximum Gasteiger partial charge on any atom is 0.314 e. The lowest BCUT2D eigenvalue weighted by Crippen LogP contribution is -2.34. The van der Waals surface area contributed by atoms with Gasteiger partial charge in [-0.25, -0.2) is 0 Å². The van der Waals surface area contributed by atoms with Crippen LogP contribution in [0.2, 0.25) is 0 Å². The van der Waals surface area contributed by atoms with Crippen molar-refractivity contribution in [3.8, 4) is 11.5 Å². The Balaban J connectivity index is 1.99. The molecule has 1 aliphatic heterocycles. The Labute approximate surface area is 129 Å². The van der Waals surface area contributed by atoms with Gasteiger partial charge in [-0.3, -0.25) is 4.79 Å². The maximum atomic E-state index is 11.9. The Morgan fingerprint density at radius 3 is 2.68 bits per heavy atom. The fourth-order valence-electron chi connectivity index (χ4n) is 2.77. The van der Waals surface area contributed by atoms with Crippen LogP contribution in [0.4, 0.5) is 0 Å². The Morgan fingerprint density at radius 1 is 1.18 bits per heavy atom. The van der Waals surface area contributed by atoms with Crippen LogP contribution >= 0.6 is 0 Å². The Bertz CT molecular complexity index is 723. The third-order valence-electron chi connectivity index (χ3n) is 4.12. The van der Waals surface area contributed by atoms with Crippen molar-refractivity contribution < 1.29 is 19.4 Å². The molecule has 114 valence electrons. The summed E-state index contributed by atoms with van der Waals surface area (Å²) in [6, 6.07) is 13.3. The number of carboxylic acids is 1. The summed E-state index contributed by atoms with van der Waals surface area (Å²) in [7, 11) is 0. The van der Waals surface area contributed by atoms with Gasteiger partial charge in [0.1, 0.15) is 0 Å². The van der Waals surface area contributed by atoms with Gasteiger partial charge in [0.05, 0.1) is 5.41 Å². The number of carboxylic acid groups (broad SMARTS) is 1. The predicted molar refractivity (Wildman–Crippen MR) is 82.4 cm³/mol. The van der Waals surface area contributed by atoms with Gasteiger partial charge in [-0.15, -0.1) is 0 Å². The van der Waals surface area contributed by atoms with Crippen LogP contribution in [0.3, 0.4) is 0 Å². The van der Waals surface area contributed by atoms with E-state index in [0.717, 1.165) is 11.1 Å². The second-order valence-corrected chi connectivity index (χ2v) is 5.87. The van der Waals surface area contributed by atoms with Crippen LogP contribution in [0.5, 0.6) is 11.5 Å².